The predicted molar refractivity (Wildman–Crippen MR) is 117 cm³/mol. The Labute approximate surface area is 184 Å². The summed E-state index contributed by atoms with van der Waals surface area (Å²) in [6.45, 7) is 4.71. The first kappa shape index (κ1) is 20.8. The predicted octanol–water partition coefficient (Wildman–Crippen LogP) is 4.53. The van der Waals surface area contributed by atoms with Crippen LogP contribution >= 0.6 is 0 Å². The third kappa shape index (κ3) is 3.61. The average Bonchev–Trinajstić information content (AvgIpc) is 3.10. The third-order valence-electron chi connectivity index (χ3n) is 6.41. The van der Waals surface area contributed by atoms with Gasteiger partial charge in [0.05, 0.1) is 19.3 Å². The number of ether oxygens (including phenoxy) is 1. The number of nitrogens with zero attached hydrogens (tertiary/aromatic N) is 1. The van der Waals surface area contributed by atoms with Crippen molar-refractivity contribution in [2.75, 3.05) is 26.3 Å². The van der Waals surface area contributed by atoms with Crippen LogP contribution < -0.4 is 0 Å². The normalized spacial score (nSPS) is 20.4. The minimum atomic E-state index is -1.17. The molecule has 0 spiro atoms. The monoisotopic (exact) mass is 438 g/mol. The Balaban J connectivity index is 1.63. The number of nitrogens with one attached hydrogen (secondary N) is 1. The Hall–Kier alpha value is -3.03. The summed E-state index contributed by atoms with van der Waals surface area (Å²) in [6.07, 6.45) is 2.85. The standard InChI is InChI=1S/C25H24F2N2O3/c1-25(13-32-14-25)12-29-9-8-17-16-4-2-3-5-20(16)28-23(17)24(29)22-18(26)10-15(11-19(22)27)6-7-21(30)31/h2-7,10-11,24,28H,8-9,12-14H2,1H3,(H,30,31)/b7-6+/t24-/m1/s1. The Kier molecular flexibility index (Phi) is 5.10. The fraction of sp³-hybridized carbons (Fsp3) is 0.320. The lowest BCUT2D eigenvalue weighted by Crippen LogP contribution is -2.51. The summed E-state index contributed by atoms with van der Waals surface area (Å²) < 4.78 is 36.2. The van der Waals surface area contributed by atoms with Crippen LogP contribution in [0.1, 0.15) is 35.3 Å². The third-order valence-corrected chi connectivity index (χ3v) is 6.41. The van der Waals surface area contributed by atoms with E-state index in [4.69, 9.17) is 9.84 Å². The van der Waals surface area contributed by atoms with E-state index >= 15 is 8.78 Å². The van der Waals surface area contributed by atoms with E-state index in [2.05, 4.69) is 16.8 Å². The molecule has 1 saturated heterocycles. The molecule has 7 heteroatoms. The van der Waals surface area contributed by atoms with E-state index < -0.39 is 23.6 Å². The molecule has 2 N–H and O–H groups in total. The van der Waals surface area contributed by atoms with E-state index in [-0.39, 0.29) is 16.5 Å². The van der Waals surface area contributed by atoms with Gasteiger partial charge in [0.25, 0.3) is 0 Å². The van der Waals surface area contributed by atoms with Crippen molar-refractivity contribution >= 4 is 22.9 Å². The van der Waals surface area contributed by atoms with Crippen LogP contribution in [0.2, 0.25) is 0 Å². The highest BCUT2D eigenvalue weighted by molar-refractivity contribution is 5.86. The van der Waals surface area contributed by atoms with Gasteiger partial charge in [-0.2, -0.15) is 0 Å². The maximum absolute atomic E-state index is 15.4. The van der Waals surface area contributed by atoms with Crippen LogP contribution in [-0.2, 0) is 16.0 Å². The van der Waals surface area contributed by atoms with Gasteiger partial charge in [-0.1, -0.05) is 25.1 Å². The number of aromatic amines is 1. The number of hydrogen-bond acceptors (Lipinski definition) is 3. The van der Waals surface area contributed by atoms with E-state index in [1.54, 1.807) is 0 Å². The Bertz CT molecular complexity index is 1210. The summed E-state index contributed by atoms with van der Waals surface area (Å²) in [5.74, 6) is -2.55. The lowest BCUT2D eigenvalue weighted by Gasteiger charge is -2.45. The lowest BCUT2D eigenvalue weighted by atomic mass is 9.84. The largest absolute Gasteiger partial charge is 0.478 e. The molecule has 3 aromatic rings. The number of H-pyrrole nitrogens is 1. The van der Waals surface area contributed by atoms with E-state index in [0.717, 1.165) is 34.7 Å². The average molecular weight is 438 g/mol. The number of para-hydroxylation sites is 1. The van der Waals surface area contributed by atoms with Crippen LogP contribution in [0, 0.1) is 17.0 Å². The van der Waals surface area contributed by atoms with Gasteiger partial charge < -0.3 is 14.8 Å². The molecule has 5 rings (SSSR count). The summed E-state index contributed by atoms with van der Waals surface area (Å²) >= 11 is 0. The molecule has 2 aliphatic rings. The molecule has 32 heavy (non-hydrogen) atoms. The summed E-state index contributed by atoms with van der Waals surface area (Å²) in [5, 5.41) is 9.90. The van der Waals surface area contributed by atoms with Crippen molar-refractivity contribution in [3.8, 4) is 0 Å². The molecule has 0 amide bonds. The SMILES string of the molecule is CC1(CN2CCc3c([nH]c4ccccc34)[C@H]2c2c(F)cc(/C=C/C(=O)O)cc2F)COC1. The van der Waals surface area contributed by atoms with E-state index in [1.165, 1.54) is 18.2 Å². The maximum atomic E-state index is 15.4. The molecule has 1 atom stereocenters. The van der Waals surface area contributed by atoms with Crippen LogP contribution in [0.4, 0.5) is 8.78 Å². The number of halogens is 2. The highest BCUT2D eigenvalue weighted by Crippen LogP contribution is 2.42. The molecule has 0 saturated carbocycles. The molecule has 0 radical (unpaired) electrons. The lowest BCUT2D eigenvalue weighted by molar-refractivity contribution is -0.131. The zero-order chi connectivity index (χ0) is 22.5. The van der Waals surface area contributed by atoms with Gasteiger partial charge in [-0.3, -0.25) is 4.90 Å². The fourth-order valence-electron chi connectivity index (χ4n) is 4.95. The quantitative estimate of drug-likeness (QED) is 0.575. The molecule has 1 aromatic heterocycles. The van der Waals surface area contributed by atoms with E-state index in [1.807, 2.05) is 24.3 Å². The number of aliphatic carboxylic acids is 1. The Morgan fingerprint density at radius 1 is 1.28 bits per heavy atom. The van der Waals surface area contributed by atoms with Crippen LogP contribution in [0.15, 0.2) is 42.5 Å². The van der Waals surface area contributed by atoms with Gasteiger partial charge in [-0.25, -0.2) is 13.6 Å². The molecule has 2 aliphatic heterocycles. The maximum Gasteiger partial charge on any atom is 0.328 e. The van der Waals surface area contributed by atoms with Gasteiger partial charge >= 0.3 is 5.97 Å². The number of rotatable bonds is 5. The smallest absolute Gasteiger partial charge is 0.328 e. The second-order valence-electron chi connectivity index (χ2n) is 9.06. The van der Waals surface area contributed by atoms with Crippen LogP contribution in [0.5, 0.6) is 0 Å². The molecule has 2 aromatic carbocycles. The number of carbonyl (C=O) groups is 1. The molecule has 5 nitrogen and oxygen atoms in total. The van der Waals surface area contributed by atoms with Crippen molar-refractivity contribution in [2.45, 2.75) is 19.4 Å². The van der Waals surface area contributed by atoms with Gasteiger partial charge in [-0.05, 0) is 41.8 Å². The van der Waals surface area contributed by atoms with Gasteiger partial charge in [0.2, 0.25) is 0 Å². The molecule has 166 valence electrons. The molecule has 1 fully saturated rings. The van der Waals surface area contributed by atoms with E-state index in [9.17, 15) is 4.79 Å². The number of carboxylic acids is 1. The van der Waals surface area contributed by atoms with Crippen molar-refractivity contribution in [3.63, 3.8) is 0 Å². The van der Waals surface area contributed by atoms with Gasteiger partial charge in [0.1, 0.15) is 11.6 Å². The molecule has 0 aliphatic carbocycles. The molecular weight excluding hydrogens is 414 g/mol. The van der Waals surface area contributed by atoms with Crippen LogP contribution in [0.25, 0.3) is 17.0 Å². The van der Waals surface area contributed by atoms with Crippen molar-refractivity contribution < 1.29 is 23.4 Å². The molecule has 3 heterocycles. The zero-order valence-corrected chi connectivity index (χ0v) is 17.7. The molecular formula is C25H24F2N2O3. The number of fused-ring (bicyclic) bond motifs is 3. The summed E-state index contributed by atoms with van der Waals surface area (Å²) in [4.78, 5) is 16.4. The molecule has 0 unspecified atom stereocenters. The number of hydrogen-bond donors (Lipinski definition) is 2. The first-order valence-corrected chi connectivity index (χ1v) is 10.7. The van der Waals surface area contributed by atoms with Crippen molar-refractivity contribution in [2.24, 2.45) is 5.41 Å². The number of benzene rings is 2. The Morgan fingerprint density at radius 2 is 2.00 bits per heavy atom. The second kappa shape index (κ2) is 7.83. The molecule has 0 bridgehead atoms. The fourth-order valence-corrected chi connectivity index (χ4v) is 4.95. The minimum Gasteiger partial charge on any atom is -0.478 e. The van der Waals surface area contributed by atoms with Crippen LogP contribution in [-0.4, -0.2) is 47.3 Å². The topological polar surface area (TPSA) is 65.6 Å². The first-order chi connectivity index (χ1) is 15.3. The summed E-state index contributed by atoms with van der Waals surface area (Å²) in [5.41, 5.74) is 2.94. The van der Waals surface area contributed by atoms with Gasteiger partial charge in [-0.15, -0.1) is 0 Å². The van der Waals surface area contributed by atoms with Crippen molar-refractivity contribution in [1.29, 1.82) is 0 Å². The van der Waals surface area contributed by atoms with E-state index in [0.29, 0.717) is 26.3 Å². The summed E-state index contributed by atoms with van der Waals surface area (Å²) in [7, 11) is 0. The number of carboxylic acid groups (broad SMARTS) is 1. The minimum absolute atomic E-state index is 0.0196. The Morgan fingerprint density at radius 3 is 2.66 bits per heavy atom. The highest BCUT2D eigenvalue weighted by atomic mass is 19.1. The van der Waals surface area contributed by atoms with Crippen molar-refractivity contribution in [3.05, 3.63) is 76.5 Å². The summed E-state index contributed by atoms with van der Waals surface area (Å²) in [6, 6.07) is 9.70. The van der Waals surface area contributed by atoms with Gasteiger partial charge in [0, 0.05) is 46.7 Å². The number of aromatic nitrogens is 1. The highest BCUT2D eigenvalue weighted by Gasteiger charge is 2.41. The van der Waals surface area contributed by atoms with Crippen LogP contribution in [0.3, 0.4) is 0 Å². The zero-order valence-electron chi connectivity index (χ0n) is 17.7. The second-order valence-corrected chi connectivity index (χ2v) is 9.06. The van der Waals surface area contributed by atoms with Gasteiger partial charge in [0.15, 0.2) is 0 Å². The van der Waals surface area contributed by atoms with Crippen molar-refractivity contribution in [1.82, 2.24) is 9.88 Å². The first-order valence-electron chi connectivity index (χ1n) is 10.7.